The maximum absolute atomic E-state index is 10.8. The third kappa shape index (κ3) is 4.95. The number of benzene rings is 1. The van der Waals surface area contributed by atoms with E-state index in [0.717, 1.165) is 18.8 Å². The fourth-order valence-corrected chi connectivity index (χ4v) is 1.62. The first-order chi connectivity index (χ1) is 7.22. The molecule has 0 amide bonds. The van der Waals surface area contributed by atoms with Crippen LogP contribution >= 0.6 is 0 Å². The van der Waals surface area contributed by atoms with Crippen molar-refractivity contribution in [3.05, 3.63) is 29.8 Å². The van der Waals surface area contributed by atoms with Gasteiger partial charge in [-0.1, -0.05) is 12.1 Å². The van der Waals surface area contributed by atoms with E-state index in [0.29, 0.717) is 5.75 Å². The van der Waals surface area contributed by atoms with Gasteiger partial charge in [0.05, 0.1) is 7.11 Å². The standard InChI is InChI=1S/C11H17NO2S/c1-14-11-5-3-10(4-6-11)9-12-7-8-15(2)13/h3-6,12H,7-9H2,1-2H3. The maximum Gasteiger partial charge on any atom is 0.118 e. The molecule has 0 bridgehead atoms. The molecule has 84 valence electrons. The summed E-state index contributed by atoms with van der Waals surface area (Å²) < 4.78 is 15.9. The van der Waals surface area contributed by atoms with Gasteiger partial charge < -0.3 is 10.1 Å². The van der Waals surface area contributed by atoms with E-state index in [2.05, 4.69) is 5.32 Å². The van der Waals surface area contributed by atoms with Gasteiger partial charge in [0.1, 0.15) is 5.75 Å². The van der Waals surface area contributed by atoms with Crippen molar-refractivity contribution in [1.29, 1.82) is 0 Å². The molecule has 0 saturated heterocycles. The Labute approximate surface area is 93.3 Å². The summed E-state index contributed by atoms with van der Waals surface area (Å²) >= 11 is 0. The van der Waals surface area contributed by atoms with Crippen LogP contribution in [0.3, 0.4) is 0 Å². The number of ether oxygens (including phenoxy) is 1. The number of hydrogen-bond donors (Lipinski definition) is 1. The molecule has 0 saturated carbocycles. The smallest absolute Gasteiger partial charge is 0.118 e. The minimum atomic E-state index is -0.711. The Bertz CT molecular complexity index is 311. The lowest BCUT2D eigenvalue weighted by molar-refractivity contribution is 0.414. The van der Waals surface area contributed by atoms with Crippen LogP contribution in [0.25, 0.3) is 0 Å². The molecule has 1 aromatic carbocycles. The van der Waals surface area contributed by atoms with Crippen LogP contribution in [0.2, 0.25) is 0 Å². The van der Waals surface area contributed by atoms with Crippen LogP contribution in [0.4, 0.5) is 0 Å². The molecule has 3 nitrogen and oxygen atoms in total. The number of hydrogen-bond acceptors (Lipinski definition) is 3. The molecule has 0 aliphatic carbocycles. The van der Waals surface area contributed by atoms with Gasteiger partial charge in [-0.3, -0.25) is 4.21 Å². The monoisotopic (exact) mass is 227 g/mol. The molecular weight excluding hydrogens is 210 g/mol. The summed E-state index contributed by atoms with van der Waals surface area (Å²) in [4.78, 5) is 0. The minimum absolute atomic E-state index is 0.705. The zero-order valence-corrected chi connectivity index (χ0v) is 9.97. The Balaban J connectivity index is 2.28. The van der Waals surface area contributed by atoms with Crippen molar-refractivity contribution in [3.8, 4) is 5.75 Å². The number of rotatable bonds is 6. The molecule has 15 heavy (non-hydrogen) atoms. The molecule has 1 rings (SSSR count). The molecule has 0 aliphatic rings. The molecule has 0 aromatic heterocycles. The second-order valence-electron chi connectivity index (χ2n) is 3.30. The largest absolute Gasteiger partial charge is 0.497 e. The first kappa shape index (κ1) is 12.2. The lowest BCUT2D eigenvalue weighted by Crippen LogP contribution is -2.19. The molecule has 0 aliphatic heterocycles. The van der Waals surface area contributed by atoms with Gasteiger partial charge in [0.25, 0.3) is 0 Å². The van der Waals surface area contributed by atoms with Crippen molar-refractivity contribution in [2.24, 2.45) is 0 Å². The summed E-state index contributed by atoms with van der Waals surface area (Å²) in [5, 5.41) is 3.24. The van der Waals surface area contributed by atoms with Crippen LogP contribution in [0.15, 0.2) is 24.3 Å². The fourth-order valence-electron chi connectivity index (χ4n) is 1.19. The van der Waals surface area contributed by atoms with Crippen LogP contribution in [0.5, 0.6) is 5.75 Å². The quantitative estimate of drug-likeness (QED) is 0.741. The first-order valence-corrected chi connectivity index (χ1v) is 6.59. The summed E-state index contributed by atoms with van der Waals surface area (Å²) in [6, 6.07) is 7.92. The summed E-state index contributed by atoms with van der Waals surface area (Å²) in [5.74, 6) is 1.57. The SMILES string of the molecule is COc1ccc(CNCCS(C)=O)cc1. The highest BCUT2D eigenvalue weighted by molar-refractivity contribution is 7.84. The molecule has 1 N–H and O–H groups in total. The van der Waals surface area contributed by atoms with E-state index >= 15 is 0 Å². The summed E-state index contributed by atoms with van der Waals surface area (Å²) in [6.45, 7) is 1.59. The third-order valence-corrected chi connectivity index (χ3v) is 2.83. The zero-order valence-electron chi connectivity index (χ0n) is 9.16. The third-order valence-electron chi connectivity index (χ3n) is 2.05. The summed E-state index contributed by atoms with van der Waals surface area (Å²) in [6.07, 6.45) is 1.72. The summed E-state index contributed by atoms with van der Waals surface area (Å²) in [7, 11) is 0.946. The fraction of sp³-hybridized carbons (Fsp3) is 0.455. The predicted octanol–water partition coefficient (Wildman–Crippen LogP) is 1.16. The molecule has 0 fully saturated rings. The Morgan fingerprint density at radius 2 is 2.00 bits per heavy atom. The molecule has 1 aromatic rings. The minimum Gasteiger partial charge on any atom is -0.497 e. The lowest BCUT2D eigenvalue weighted by atomic mass is 10.2. The molecule has 4 heteroatoms. The van der Waals surface area contributed by atoms with Gasteiger partial charge >= 0.3 is 0 Å². The van der Waals surface area contributed by atoms with Gasteiger partial charge in [-0.25, -0.2) is 0 Å². The topological polar surface area (TPSA) is 38.3 Å². The predicted molar refractivity (Wildman–Crippen MR) is 63.6 cm³/mol. The maximum atomic E-state index is 10.8. The number of methoxy groups -OCH3 is 1. The molecule has 0 radical (unpaired) electrons. The van der Waals surface area contributed by atoms with Crippen LogP contribution in [0, 0.1) is 0 Å². The van der Waals surface area contributed by atoms with E-state index in [1.165, 1.54) is 5.56 Å². The van der Waals surface area contributed by atoms with E-state index in [1.54, 1.807) is 13.4 Å². The Kier molecular flexibility index (Phi) is 5.36. The highest BCUT2D eigenvalue weighted by Crippen LogP contribution is 2.10. The molecular formula is C11H17NO2S. The van der Waals surface area contributed by atoms with E-state index in [9.17, 15) is 4.21 Å². The second kappa shape index (κ2) is 6.58. The first-order valence-electron chi connectivity index (χ1n) is 4.86. The van der Waals surface area contributed by atoms with Crippen molar-refractivity contribution in [2.75, 3.05) is 25.7 Å². The van der Waals surface area contributed by atoms with Gasteiger partial charge in [0.15, 0.2) is 0 Å². The van der Waals surface area contributed by atoms with E-state index in [-0.39, 0.29) is 0 Å². The van der Waals surface area contributed by atoms with Crippen molar-refractivity contribution >= 4 is 10.8 Å². The Morgan fingerprint density at radius 1 is 1.33 bits per heavy atom. The van der Waals surface area contributed by atoms with Crippen molar-refractivity contribution in [1.82, 2.24) is 5.32 Å². The average molecular weight is 227 g/mol. The zero-order chi connectivity index (χ0) is 11.1. The molecule has 1 atom stereocenters. The molecule has 0 spiro atoms. The average Bonchev–Trinajstić information content (AvgIpc) is 2.25. The molecule has 1 unspecified atom stereocenters. The van der Waals surface area contributed by atoms with E-state index in [4.69, 9.17) is 4.74 Å². The molecule has 0 heterocycles. The van der Waals surface area contributed by atoms with Gasteiger partial charge in [0, 0.05) is 35.9 Å². The van der Waals surface area contributed by atoms with Crippen molar-refractivity contribution in [2.45, 2.75) is 6.54 Å². The van der Waals surface area contributed by atoms with Gasteiger partial charge in [-0.15, -0.1) is 0 Å². The second-order valence-corrected chi connectivity index (χ2v) is 4.86. The van der Waals surface area contributed by atoms with E-state index < -0.39 is 10.8 Å². The highest BCUT2D eigenvalue weighted by atomic mass is 32.2. The van der Waals surface area contributed by atoms with Crippen LogP contribution < -0.4 is 10.1 Å². The van der Waals surface area contributed by atoms with Crippen LogP contribution in [0.1, 0.15) is 5.56 Å². The van der Waals surface area contributed by atoms with Gasteiger partial charge in [-0.2, -0.15) is 0 Å². The highest BCUT2D eigenvalue weighted by Gasteiger charge is 1.95. The van der Waals surface area contributed by atoms with Crippen LogP contribution in [-0.4, -0.2) is 29.9 Å². The lowest BCUT2D eigenvalue weighted by Gasteiger charge is -2.04. The normalized spacial score (nSPS) is 12.4. The van der Waals surface area contributed by atoms with Crippen LogP contribution in [-0.2, 0) is 17.3 Å². The van der Waals surface area contributed by atoms with E-state index in [1.807, 2.05) is 24.3 Å². The Hall–Kier alpha value is -0.870. The Morgan fingerprint density at radius 3 is 2.53 bits per heavy atom. The van der Waals surface area contributed by atoms with Crippen molar-refractivity contribution < 1.29 is 8.95 Å². The van der Waals surface area contributed by atoms with Crippen molar-refractivity contribution in [3.63, 3.8) is 0 Å². The van der Waals surface area contributed by atoms with Gasteiger partial charge in [-0.05, 0) is 17.7 Å². The number of nitrogens with one attached hydrogen (secondary N) is 1. The summed E-state index contributed by atoms with van der Waals surface area (Å²) in [5.41, 5.74) is 1.21. The van der Waals surface area contributed by atoms with Gasteiger partial charge in [0.2, 0.25) is 0 Å².